The van der Waals surface area contributed by atoms with Crippen LogP contribution in [-0.2, 0) is 6.54 Å². The monoisotopic (exact) mass is 269 g/mol. The topological polar surface area (TPSA) is 28.2 Å². The first-order chi connectivity index (χ1) is 8.42. The first kappa shape index (κ1) is 15.4. The van der Waals surface area contributed by atoms with Crippen molar-refractivity contribution in [3.8, 4) is 0 Å². The minimum atomic E-state index is 0.164. The van der Waals surface area contributed by atoms with Gasteiger partial charge in [-0.25, -0.2) is 4.98 Å². The second-order valence-electron chi connectivity index (χ2n) is 5.84. The van der Waals surface area contributed by atoms with Crippen LogP contribution in [0.1, 0.15) is 51.8 Å². The van der Waals surface area contributed by atoms with Crippen molar-refractivity contribution in [2.75, 3.05) is 18.5 Å². The van der Waals surface area contributed by atoms with Crippen LogP contribution in [-0.4, -0.2) is 24.1 Å². The normalized spacial score (nSPS) is 11.8. The van der Waals surface area contributed by atoms with Gasteiger partial charge in [0.2, 0.25) is 0 Å². The Kier molecular flexibility index (Phi) is 6.09. The molecule has 0 amide bonds. The largest absolute Gasteiger partial charge is 0.351 e. The zero-order valence-electron chi connectivity index (χ0n) is 12.4. The minimum absolute atomic E-state index is 0.164. The molecule has 0 saturated heterocycles. The zero-order chi connectivity index (χ0) is 13.6. The molecule has 0 radical (unpaired) electrons. The predicted molar refractivity (Wildman–Crippen MR) is 81.5 cm³/mol. The second-order valence-corrected chi connectivity index (χ2v) is 6.94. The van der Waals surface area contributed by atoms with Gasteiger partial charge in [-0.3, -0.25) is 0 Å². The van der Waals surface area contributed by atoms with Crippen molar-refractivity contribution in [2.24, 2.45) is 0 Å². The van der Waals surface area contributed by atoms with Gasteiger partial charge in [-0.05, 0) is 27.2 Å². The summed E-state index contributed by atoms with van der Waals surface area (Å²) in [5, 5.41) is 4.63. The van der Waals surface area contributed by atoms with E-state index in [0.717, 1.165) is 18.2 Å². The van der Waals surface area contributed by atoms with Gasteiger partial charge in [-0.2, -0.15) is 0 Å². The summed E-state index contributed by atoms with van der Waals surface area (Å²) in [5.41, 5.74) is 0.164. The Labute approximate surface area is 116 Å². The highest BCUT2D eigenvalue weighted by atomic mass is 32.1. The molecule has 1 aromatic heterocycles. The van der Waals surface area contributed by atoms with E-state index in [1.165, 1.54) is 24.1 Å². The summed E-state index contributed by atoms with van der Waals surface area (Å²) >= 11 is 1.79. The van der Waals surface area contributed by atoms with Gasteiger partial charge in [0.15, 0.2) is 5.13 Å². The van der Waals surface area contributed by atoms with Gasteiger partial charge in [-0.1, -0.05) is 19.8 Å². The van der Waals surface area contributed by atoms with Crippen molar-refractivity contribution in [1.82, 2.24) is 10.3 Å². The predicted octanol–water partition coefficient (Wildman–Crippen LogP) is 3.66. The number of rotatable bonds is 7. The van der Waals surface area contributed by atoms with Gasteiger partial charge >= 0.3 is 0 Å². The highest BCUT2D eigenvalue weighted by Crippen LogP contribution is 2.22. The van der Waals surface area contributed by atoms with E-state index in [9.17, 15) is 0 Å². The van der Waals surface area contributed by atoms with Crippen LogP contribution >= 0.6 is 11.3 Å². The minimum Gasteiger partial charge on any atom is -0.351 e. The molecular formula is C14H27N3S. The fourth-order valence-corrected chi connectivity index (χ4v) is 2.44. The average Bonchev–Trinajstić information content (AvgIpc) is 2.74. The first-order valence-corrected chi connectivity index (χ1v) is 7.65. The summed E-state index contributed by atoms with van der Waals surface area (Å²) in [5.74, 6) is 0. The molecule has 0 atom stereocenters. The second kappa shape index (κ2) is 7.10. The molecular weight excluding hydrogens is 242 g/mol. The Hall–Kier alpha value is -0.610. The molecule has 0 aromatic carbocycles. The first-order valence-electron chi connectivity index (χ1n) is 6.83. The van der Waals surface area contributed by atoms with Gasteiger partial charge in [0.1, 0.15) is 0 Å². The van der Waals surface area contributed by atoms with Crippen LogP contribution in [0.5, 0.6) is 0 Å². The number of unbranched alkanes of at least 4 members (excludes halogenated alkanes) is 2. The molecule has 3 nitrogen and oxygen atoms in total. The summed E-state index contributed by atoms with van der Waals surface area (Å²) < 4.78 is 0. The van der Waals surface area contributed by atoms with E-state index >= 15 is 0 Å². The Morgan fingerprint density at radius 3 is 2.67 bits per heavy atom. The van der Waals surface area contributed by atoms with Crippen molar-refractivity contribution in [2.45, 2.75) is 59.0 Å². The Bertz CT molecular complexity index is 341. The van der Waals surface area contributed by atoms with E-state index in [-0.39, 0.29) is 5.54 Å². The highest BCUT2D eigenvalue weighted by molar-refractivity contribution is 7.15. The van der Waals surface area contributed by atoms with E-state index < -0.39 is 0 Å². The van der Waals surface area contributed by atoms with E-state index in [4.69, 9.17) is 0 Å². The maximum Gasteiger partial charge on any atom is 0.185 e. The van der Waals surface area contributed by atoms with Crippen molar-refractivity contribution in [3.63, 3.8) is 0 Å². The molecule has 0 spiro atoms. The SMILES string of the molecule is CCCCCN(C)c1ncc(CNC(C)(C)C)s1. The Morgan fingerprint density at radius 2 is 2.06 bits per heavy atom. The molecule has 18 heavy (non-hydrogen) atoms. The third kappa shape index (κ3) is 5.83. The van der Waals surface area contributed by atoms with Gasteiger partial charge < -0.3 is 10.2 Å². The molecule has 1 aromatic rings. The molecule has 0 aliphatic carbocycles. The van der Waals surface area contributed by atoms with E-state index in [1.807, 2.05) is 6.20 Å². The molecule has 0 unspecified atom stereocenters. The Balaban J connectivity index is 2.42. The number of nitrogens with zero attached hydrogens (tertiary/aromatic N) is 2. The molecule has 0 saturated carbocycles. The standard InChI is InChI=1S/C14H27N3S/c1-6-7-8-9-17(5)13-15-10-12(18-13)11-16-14(2,3)4/h10,16H,6-9,11H2,1-5H3. The summed E-state index contributed by atoms with van der Waals surface area (Å²) in [6, 6.07) is 0. The van der Waals surface area contributed by atoms with Crippen molar-refractivity contribution in [3.05, 3.63) is 11.1 Å². The summed E-state index contributed by atoms with van der Waals surface area (Å²) in [6.07, 6.45) is 5.82. The molecule has 0 aliphatic rings. The van der Waals surface area contributed by atoms with Crippen LogP contribution in [0.25, 0.3) is 0 Å². The molecule has 1 heterocycles. The van der Waals surface area contributed by atoms with Crippen LogP contribution in [0.15, 0.2) is 6.20 Å². The number of thiazole rings is 1. The quantitative estimate of drug-likeness (QED) is 0.766. The lowest BCUT2D eigenvalue weighted by atomic mass is 10.1. The smallest absolute Gasteiger partial charge is 0.185 e. The van der Waals surface area contributed by atoms with Crippen LogP contribution in [0.3, 0.4) is 0 Å². The maximum atomic E-state index is 4.50. The zero-order valence-corrected chi connectivity index (χ0v) is 13.2. The van der Waals surface area contributed by atoms with Crippen molar-refractivity contribution >= 4 is 16.5 Å². The fraction of sp³-hybridized carbons (Fsp3) is 0.786. The number of nitrogens with one attached hydrogen (secondary N) is 1. The number of anilines is 1. The van der Waals surface area contributed by atoms with Gasteiger partial charge in [0.05, 0.1) is 0 Å². The van der Waals surface area contributed by atoms with Gasteiger partial charge in [0, 0.05) is 36.8 Å². The third-order valence-corrected chi connectivity index (χ3v) is 3.87. The van der Waals surface area contributed by atoms with E-state index in [1.54, 1.807) is 11.3 Å². The summed E-state index contributed by atoms with van der Waals surface area (Å²) in [4.78, 5) is 8.07. The lowest BCUT2D eigenvalue weighted by Crippen LogP contribution is -2.34. The van der Waals surface area contributed by atoms with Gasteiger partial charge in [0.25, 0.3) is 0 Å². The number of aromatic nitrogens is 1. The molecule has 104 valence electrons. The summed E-state index contributed by atoms with van der Waals surface area (Å²) in [6.45, 7) is 10.8. The highest BCUT2D eigenvalue weighted by Gasteiger charge is 2.11. The molecule has 1 N–H and O–H groups in total. The van der Waals surface area contributed by atoms with Crippen LogP contribution in [0.4, 0.5) is 5.13 Å². The number of hydrogen-bond acceptors (Lipinski definition) is 4. The van der Waals surface area contributed by atoms with Crippen molar-refractivity contribution < 1.29 is 0 Å². The van der Waals surface area contributed by atoms with Crippen molar-refractivity contribution in [1.29, 1.82) is 0 Å². The molecule has 0 fully saturated rings. The van der Waals surface area contributed by atoms with Crippen LogP contribution in [0.2, 0.25) is 0 Å². The number of hydrogen-bond donors (Lipinski definition) is 1. The average molecular weight is 269 g/mol. The van der Waals surface area contributed by atoms with E-state index in [0.29, 0.717) is 0 Å². The fourth-order valence-electron chi connectivity index (χ4n) is 1.60. The summed E-state index contributed by atoms with van der Waals surface area (Å²) in [7, 11) is 2.13. The lowest BCUT2D eigenvalue weighted by molar-refractivity contribution is 0.426. The third-order valence-electron chi connectivity index (χ3n) is 2.76. The maximum absolute atomic E-state index is 4.50. The van der Waals surface area contributed by atoms with Gasteiger partial charge in [-0.15, -0.1) is 11.3 Å². The molecule has 4 heteroatoms. The molecule has 0 aliphatic heterocycles. The van der Waals surface area contributed by atoms with E-state index in [2.05, 4.69) is 49.9 Å². The lowest BCUT2D eigenvalue weighted by Gasteiger charge is -2.19. The molecule has 0 bridgehead atoms. The Morgan fingerprint density at radius 1 is 1.33 bits per heavy atom. The molecule has 1 rings (SSSR count). The van der Waals surface area contributed by atoms with Crippen LogP contribution in [0, 0.1) is 0 Å². The van der Waals surface area contributed by atoms with Crippen LogP contribution < -0.4 is 10.2 Å².